The summed E-state index contributed by atoms with van der Waals surface area (Å²) in [7, 11) is 0. The van der Waals surface area contributed by atoms with E-state index in [4.69, 9.17) is 10.5 Å². The third-order valence-corrected chi connectivity index (χ3v) is 10.6. The molecule has 2 aliphatic rings. The lowest BCUT2D eigenvalue weighted by molar-refractivity contribution is -0.216. The number of carbonyl (C=O) groups excluding carboxylic acids is 6. The standard InChI is InChI=1S/C42H47F5N6O8/c1-40(2,3)34(31-21-26(28-22-27(43)11-12-29(28)44)24-51(31)23-25-9-5-4-6-10-25)35(56)37(58)49-18-15-30(48)36(57)50-53(20-19-52-32(54)13-14-33(52)55)38(59)41(16-7-8-17-41)61-39(60)42(45,46)47/h4-6,9-14,21-22,24,30,34-35,56H,7-8,15-20,23,48H2,1-3H3,(H,49,58)(H,50,57)/t30-,34+,35-/m0/s1. The minimum absolute atomic E-state index is 0.0250. The monoisotopic (exact) mass is 858 g/mol. The first-order valence-electron chi connectivity index (χ1n) is 19.5. The smallest absolute Gasteiger partial charge is 0.442 e. The Morgan fingerprint density at radius 3 is 2.20 bits per heavy atom. The Morgan fingerprint density at radius 1 is 0.951 bits per heavy atom. The molecule has 1 saturated carbocycles. The first kappa shape index (κ1) is 46.1. The minimum atomic E-state index is -5.44. The second-order valence-corrected chi connectivity index (χ2v) is 16.0. The summed E-state index contributed by atoms with van der Waals surface area (Å²) < 4.78 is 75.5. The van der Waals surface area contributed by atoms with E-state index >= 15 is 0 Å². The molecule has 61 heavy (non-hydrogen) atoms. The maximum Gasteiger partial charge on any atom is 0.490 e. The highest BCUT2D eigenvalue weighted by molar-refractivity contribution is 6.12. The summed E-state index contributed by atoms with van der Waals surface area (Å²) >= 11 is 0. The van der Waals surface area contributed by atoms with Gasteiger partial charge in [-0.15, -0.1) is 0 Å². The topological polar surface area (TPSA) is 193 Å². The lowest BCUT2D eigenvalue weighted by Crippen LogP contribution is -2.60. The highest BCUT2D eigenvalue weighted by Crippen LogP contribution is 2.41. The number of nitrogens with zero attached hydrogens (tertiary/aromatic N) is 3. The molecule has 1 aliphatic heterocycles. The Balaban J connectivity index is 1.31. The molecule has 0 saturated heterocycles. The van der Waals surface area contributed by atoms with Gasteiger partial charge < -0.3 is 25.5 Å². The zero-order valence-electron chi connectivity index (χ0n) is 33.6. The number of hydrazine groups is 1. The number of benzene rings is 2. The van der Waals surface area contributed by atoms with E-state index in [-0.39, 0.29) is 50.8 Å². The number of hydrogen-bond donors (Lipinski definition) is 4. The van der Waals surface area contributed by atoms with Gasteiger partial charge in [0, 0.05) is 60.7 Å². The number of carbonyl (C=O) groups is 6. The Labute approximate surface area is 347 Å². The third kappa shape index (κ3) is 11.1. The van der Waals surface area contributed by atoms with Crippen LogP contribution in [0.25, 0.3) is 11.1 Å². The predicted octanol–water partition coefficient (Wildman–Crippen LogP) is 4.01. The van der Waals surface area contributed by atoms with Crippen molar-refractivity contribution in [3.05, 3.63) is 95.8 Å². The van der Waals surface area contributed by atoms with Crippen LogP contribution in [0.3, 0.4) is 0 Å². The maximum absolute atomic E-state index is 15.0. The number of nitrogens with two attached hydrogens (primary N) is 1. The number of hydrogen-bond acceptors (Lipinski definition) is 9. The Hall–Kier alpha value is -5.95. The predicted molar refractivity (Wildman–Crippen MR) is 208 cm³/mol. The fourth-order valence-corrected chi connectivity index (χ4v) is 7.45. The van der Waals surface area contributed by atoms with Crippen molar-refractivity contribution in [3.8, 4) is 11.1 Å². The van der Waals surface area contributed by atoms with Crippen molar-refractivity contribution in [2.45, 2.75) is 89.3 Å². The first-order chi connectivity index (χ1) is 28.6. The summed E-state index contributed by atoms with van der Waals surface area (Å²) in [5.74, 6) is -9.52. The van der Waals surface area contributed by atoms with Crippen LogP contribution in [0.4, 0.5) is 22.0 Å². The SMILES string of the molecule is CC(C)(C)[C@H](c1cc(-c2cc(F)ccc2F)cn1Cc1ccccc1)[C@H](O)C(=O)NCC[C@H](N)C(=O)NN(CCN1C(=O)C=CC1=O)C(=O)C1(OC(=O)C(F)(F)F)CCCC1. The van der Waals surface area contributed by atoms with Gasteiger partial charge in [0.2, 0.25) is 5.91 Å². The van der Waals surface area contributed by atoms with Crippen LogP contribution in [0, 0.1) is 17.0 Å². The van der Waals surface area contributed by atoms with Gasteiger partial charge >= 0.3 is 12.1 Å². The molecule has 0 unspecified atom stereocenters. The summed E-state index contributed by atoms with van der Waals surface area (Å²) in [4.78, 5) is 77.8. The van der Waals surface area contributed by atoms with E-state index in [0.717, 1.165) is 40.8 Å². The second-order valence-electron chi connectivity index (χ2n) is 16.0. The Morgan fingerprint density at radius 2 is 1.59 bits per heavy atom. The second kappa shape index (κ2) is 18.8. The van der Waals surface area contributed by atoms with Gasteiger partial charge in [0.05, 0.1) is 12.6 Å². The van der Waals surface area contributed by atoms with Crippen molar-refractivity contribution in [1.82, 2.24) is 25.2 Å². The van der Waals surface area contributed by atoms with Crippen LogP contribution >= 0.6 is 0 Å². The van der Waals surface area contributed by atoms with Crippen LogP contribution in [0.5, 0.6) is 0 Å². The molecule has 0 bridgehead atoms. The van der Waals surface area contributed by atoms with Crippen molar-refractivity contribution in [1.29, 1.82) is 0 Å². The first-order valence-corrected chi connectivity index (χ1v) is 19.5. The molecule has 1 aliphatic carbocycles. The van der Waals surface area contributed by atoms with Crippen molar-refractivity contribution in [2.24, 2.45) is 11.1 Å². The fraction of sp³-hybridized carbons (Fsp3) is 0.429. The molecular formula is C42H47F5N6O8. The minimum Gasteiger partial charge on any atom is -0.442 e. The number of amides is 5. The summed E-state index contributed by atoms with van der Waals surface area (Å²) in [6, 6.07) is 12.4. The van der Waals surface area contributed by atoms with E-state index in [9.17, 15) is 55.8 Å². The molecule has 5 rings (SSSR count). The van der Waals surface area contributed by atoms with E-state index in [2.05, 4.69) is 10.7 Å². The summed E-state index contributed by atoms with van der Waals surface area (Å²) in [5.41, 5.74) is 6.78. The van der Waals surface area contributed by atoms with Gasteiger partial charge in [-0.3, -0.25) is 34.3 Å². The molecule has 1 fully saturated rings. The van der Waals surface area contributed by atoms with Gasteiger partial charge in [0.25, 0.3) is 23.6 Å². The van der Waals surface area contributed by atoms with Gasteiger partial charge in [0.1, 0.15) is 17.7 Å². The summed E-state index contributed by atoms with van der Waals surface area (Å²) in [6.07, 6.45) is -4.10. The molecule has 0 radical (unpaired) electrons. The van der Waals surface area contributed by atoms with E-state index in [1.54, 1.807) is 37.6 Å². The molecule has 14 nitrogen and oxygen atoms in total. The van der Waals surface area contributed by atoms with Crippen molar-refractivity contribution >= 4 is 35.5 Å². The highest BCUT2D eigenvalue weighted by atomic mass is 19.4. The maximum atomic E-state index is 15.0. The van der Waals surface area contributed by atoms with Crippen LogP contribution in [0.2, 0.25) is 0 Å². The summed E-state index contributed by atoms with van der Waals surface area (Å²) in [5, 5.41) is 14.7. The van der Waals surface area contributed by atoms with Crippen LogP contribution in [0.15, 0.2) is 72.9 Å². The van der Waals surface area contributed by atoms with Crippen LogP contribution in [-0.2, 0) is 40.0 Å². The molecule has 1 aromatic heterocycles. The molecule has 2 heterocycles. The molecule has 328 valence electrons. The average Bonchev–Trinajstić information content (AvgIpc) is 3.92. The molecule has 5 N–H and O–H groups in total. The lowest BCUT2D eigenvalue weighted by Gasteiger charge is -2.35. The van der Waals surface area contributed by atoms with Crippen LogP contribution in [0.1, 0.15) is 70.1 Å². The van der Waals surface area contributed by atoms with Gasteiger partial charge in [0.15, 0.2) is 5.60 Å². The number of aliphatic hydroxyl groups is 1. The Kier molecular flexibility index (Phi) is 14.2. The number of nitrogens with one attached hydrogen (secondary N) is 2. The van der Waals surface area contributed by atoms with Crippen LogP contribution in [-0.4, -0.2) is 98.6 Å². The van der Waals surface area contributed by atoms with Crippen molar-refractivity contribution in [3.63, 3.8) is 0 Å². The Bertz CT molecular complexity index is 2150. The third-order valence-electron chi connectivity index (χ3n) is 10.6. The number of imide groups is 1. The number of ether oxygens (including phenoxy) is 1. The molecule has 3 aromatic rings. The zero-order chi connectivity index (χ0) is 44.9. The van der Waals surface area contributed by atoms with Gasteiger partial charge in [-0.25, -0.2) is 18.6 Å². The van der Waals surface area contributed by atoms with Crippen molar-refractivity contribution < 1.29 is 60.6 Å². The molecule has 19 heteroatoms. The van der Waals surface area contributed by atoms with Gasteiger partial charge in [-0.05, 0) is 67.3 Å². The quantitative estimate of drug-likeness (QED) is 0.0757. The van der Waals surface area contributed by atoms with E-state index < -0.39 is 95.5 Å². The average molecular weight is 859 g/mol. The molecule has 3 atom stereocenters. The summed E-state index contributed by atoms with van der Waals surface area (Å²) in [6.45, 7) is 4.21. The number of rotatable bonds is 15. The number of esters is 1. The number of aromatic nitrogens is 1. The molecule has 5 amide bonds. The van der Waals surface area contributed by atoms with Gasteiger partial charge in [-0.1, -0.05) is 51.1 Å². The zero-order valence-corrected chi connectivity index (χ0v) is 33.6. The van der Waals surface area contributed by atoms with Crippen LogP contribution < -0.4 is 16.5 Å². The lowest BCUT2D eigenvalue weighted by atomic mass is 9.74. The largest absolute Gasteiger partial charge is 0.490 e. The molecule has 2 aromatic carbocycles. The molecular weight excluding hydrogens is 811 g/mol. The van der Waals surface area contributed by atoms with E-state index in [0.29, 0.717) is 16.3 Å². The van der Waals surface area contributed by atoms with E-state index in [1.807, 2.05) is 30.3 Å². The number of aliphatic hydroxyl groups excluding tert-OH is 1. The van der Waals surface area contributed by atoms with E-state index in [1.165, 1.54) is 0 Å². The highest BCUT2D eigenvalue weighted by Gasteiger charge is 2.53. The number of alkyl halides is 3. The van der Waals surface area contributed by atoms with Crippen molar-refractivity contribution in [2.75, 3.05) is 19.6 Å². The number of halogens is 5. The molecule has 0 spiro atoms. The normalized spacial score (nSPS) is 16.6. The van der Waals surface area contributed by atoms with Gasteiger partial charge in [-0.2, -0.15) is 13.2 Å². The fourth-order valence-electron chi connectivity index (χ4n) is 7.45.